The fraction of sp³-hybridized carbons (Fsp3) is 0.933. The molecule has 0 saturated heterocycles. The molecule has 0 bridgehead atoms. The molecule has 134 valence electrons. The van der Waals surface area contributed by atoms with Crippen molar-refractivity contribution < 1.29 is 30.3 Å². The Labute approximate surface area is 133 Å². The first-order chi connectivity index (χ1) is 10.5. The molecule has 0 aliphatic rings. The van der Waals surface area contributed by atoms with Gasteiger partial charge in [0.15, 0.2) is 0 Å². The molecular formula is C15H33NO6. The number of hydrogen-bond donors (Lipinski definition) is 6. The number of hydrogen-bond acceptors (Lipinski definition) is 7. The molecule has 0 aliphatic carbocycles. The van der Waals surface area contributed by atoms with Gasteiger partial charge in [0, 0.05) is 13.0 Å². The van der Waals surface area contributed by atoms with E-state index in [1.54, 1.807) is 0 Å². The van der Waals surface area contributed by atoms with Gasteiger partial charge < -0.3 is 35.6 Å². The summed E-state index contributed by atoms with van der Waals surface area (Å²) in [7, 11) is 0. The first-order valence-electron chi connectivity index (χ1n) is 7.93. The van der Waals surface area contributed by atoms with Crippen LogP contribution in [0.25, 0.3) is 0 Å². The lowest BCUT2D eigenvalue weighted by molar-refractivity contribution is -0.113. The van der Waals surface area contributed by atoms with Gasteiger partial charge >= 0.3 is 0 Å². The van der Waals surface area contributed by atoms with Crippen LogP contribution in [0.15, 0.2) is 0 Å². The SMILES string of the molecule is CCCCC=O.CCCCNC[C@H](O)[C@@H](O)[C@H](O)[C@H](O)CO. The van der Waals surface area contributed by atoms with Crippen LogP contribution in [-0.2, 0) is 4.79 Å². The van der Waals surface area contributed by atoms with Gasteiger partial charge in [0.25, 0.3) is 0 Å². The summed E-state index contributed by atoms with van der Waals surface area (Å²) in [6.07, 6.45) is 0.210. The van der Waals surface area contributed by atoms with Gasteiger partial charge in [0.05, 0.1) is 12.7 Å². The predicted octanol–water partition coefficient (Wildman–Crippen LogP) is -0.812. The summed E-state index contributed by atoms with van der Waals surface area (Å²) < 4.78 is 0. The van der Waals surface area contributed by atoms with Gasteiger partial charge in [-0.15, -0.1) is 0 Å². The lowest BCUT2D eigenvalue weighted by atomic mass is 10.0. The van der Waals surface area contributed by atoms with E-state index in [0.717, 1.165) is 44.9 Å². The van der Waals surface area contributed by atoms with Gasteiger partial charge in [0.2, 0.25) is 0 Å². The van der Waals surface area contributed by atoms with E-state index in [-0.39, 0.29) is 6.54 Å². The maximum absolute atomic E-state index is 9.56. The normalized spacial score (nSPS) is 16.1. The van der Waals surface area contributed by atoms with Gasteiger partial charge in [-0.25, -0.2) is 0 Å². The number of carbonyl (C=O) groups excluding carboxylic acids is 1. The molecule has 7 heteroatoms. The average Bonchev–Trinajstić information content (AvgIpc) is 2.54. The topological polar surface area (TPSA) is 130 Å². The van der Waals surface area contributed by atoms with Gasteiger partial charge in [-0.3, -0.25) is 0 Å². The zero-order valence-electron chi connectivity index (χ0n) is 13.7. The number of rotatable bonds is 12. The van der Waals surface area contributed by atoms with Crippen molar-refractivity contribution in [3.8, 4) is 0 Å². The fourth-order valence-electron chi connectivity index (χ4n) is 1.52. The molecule has 0 aromatic carbocycles. The van der Waals surface area contributed by atoms with Crippen molar-refractivity contribution >= 4 is 6.29 Å². The molecule has 0 aromatic heterocycles. The summed E-state index contributed by atoms with van der Waals surface area (Å²) in [5.41, 5.74) is 0. The summed E-state index contributed by atoms with van der Waals surface area (Å²) in [6.45, 7) is 4.31. The monoisotopic (exact) mass is 323 g/mol. The van der Waals surface area contributed by atoms with Crippen LogP contribution in [-0.4, -0.2) is 75.9 Å². The van der Waals surface area contributed by atoms with Crippen molar-refractivity contribution in [2.24, 2.45) is 0 Å². The molecule has 0 aliphatic heterocycles. The second-order valence-corrected chi connectivity index (χ2v) is 5.17. The Morgan fingerprint density at radius 2 is 1.50 bits per heavy atom. The Morgan fingerprint density at radius 3 is 1.91 bits per heavy atom. The minimum Gasteiger partial charge on any atom is -0.394 e. The van der Waals surface area contributed by atoms with Gasteiger partial charge in [-0.05, 0) is 19.4 Å². The molecule has 0 heterocycles. The molecular weight excluding hydrogens is 290 g/mol. The quantitative estimate of drug-likeness (QED) is 0.204. The van der Waals surface area contributed by atoms with Gasteiger partial charge in [-0.1, -0.05) is 26.7 Å². The van der Waals surface area contributed by atoms with Gasteiger partial charge in [0.1, 0.15) is 24.6 Å². The molecule has 0 amide bonds. The number of aliphatic hydroxyl groups excluding tert-OH is 5. The second kappa shape index (κ2) is 16.8. The van der Waals surface area contributed by atoms with Crippen LogP contribution >= 0.6 is 0 Å². The average molecular weight is 323 g/mol. The van der Waals surface area contributed by atoms with Gasteiger partial charge in [-0.2, -0.15) is 0 Å². The van der Waals surface area contributed by atoms with Crippen LogP contribution in [0.3, 0.4) is 0 Å². The van der Waals surface area contributed by atoms with Crippen molar-refractivity contribution in [1.82, 2.24) is 5.32 Å². The summed E-state index contributed by atoms with van der Waals surface area (Å²) >= 11 is 0. The maximum Gasteiger partial charge on any atom is 0.119 e. The number of aliphatic hydroxyl groups is 5. The molecule has 7 nitrogen and oxygen atoms in total. The third kappa shape index (κ3) is 13.1. The van der Waals surface area contributed by atoms with Crippen LogP contribution in [0.4, 0.5) is 0 Å². The van der Waals surface area contributed by atoms with E-state index in [2.05, 4.69) is 12.2 Å². The lowest BCUT2D eigenvalue weighted by Crippen LogP contribution is -2.49. The maximum atomic E-state index is 9.56. The van der Waals surface area contributed by atoms with Crippen molar-refractivity contribution in [3.05, 3.63) is 0 Å². The lowest BCUT2D eigenvalue weighted by Gasteiger charge is -2.25. The molecule has 0 spiro atoms. The third-order valence-electron chi connectivity index (χ3n) is 3.06. The standard InChI is InChI=1S/C10H23NO5.C5H10O/c1-2-3-4-11-5-7(13)9(15)10(16)8(14)6-12;1-2-3-4-5-6/h7-16H,2-6H2,1H3;5H,2-4H2,1H3/t7-,8+,9+,10+;/m0./s1. The van der Waals surface area contributed by atoms with E-state index in [9.17, 15) is 20.1 Å². The largest absolute Gasteiger partial charge is 0.394 e. The van der Waals surface area contributed by atoms with Crippen LogP contribution in [0.2, 0.25) is 0 Å². The Kier molecular flexibility index (Phi) is 18.1. The first kappa shape index (κ1) is 23.7. The highest BCUT2D eigenvalue weighted by Gasteiger charge is 2.29. The second-order valence-electron chi connectivity index (χ2n) is 5.17. The molecule has 0 rings (SSSR count). The molecule has 0 unspecified atom stereocenters. The number of aldehydes is 1. The summed E-state index contributed by atoms with van der Waals surface area (Å²) in [4.78, 5) is 9.56. The Bertz CT molecular complexity index is 242. The Morgan fingerprint density at radius 1 is 0.955 bits per heavy atom. The van der Waals surface area contributed by atoms with Crippen molar-refractivity contribution in [1.29, 1.82) is 0 Å². The van der Waals surface area contributed by atoms with E-state index in [1.807, 2.05) is 6.92 Å². The highest BCUT2D eigenvalue weighted by molar-refractivity contribution is 5.48. The molecule has 0 saturated carbocycles. The third-order valence-corrected chi connectivity index (χ3v) is 3.06. The Balaban J connectivity index is 0. The van der Waals surface area contributed by atoms with E-state index < -0.39 is 31.0 Å². The highest BCUT2D eigenvalue weighted by atomic mass is 16.4. The first-order valence-corrected chi connectivity index (χ1v) is 7.93. The summed E-state index contributed by atoms with van der Waals surface area (Å²) in [6, 6.07) is 0. The van der Waals surface area contributed by atoms with E-state index >= 15 is 0 Å². The molecule has 6 N–H and O–H groups in total. The van der Waals surface area contributed by atoms with E-state index in [4.69, 9.17) is 10.2 Å². The molecule has 0 aromatic rings. The molecule has 0 fully saturated rings. The highest BCUT2D eigenvalue weighted by Crippen LogP contribution is 2.04. The van der Waals surface area contributed by atoms with Crippen molar-refractivity contribution in [2.45, 2.75) is 70.4 Å². The zero-order valence-corrected chi connectivity index (χ0v) is 13.7. The Hall–Kier alpha value is -0.570. The number of nitrogens with one attached hydrogen (secondary N) is 1. The van der Waals surface area contributed by atoms with E-state index in [1.165, 1.54) is 0 Å². The van der Waals surface area contributed by atoms with Crippen LogP contribution in [0.5, 0.6) is 0 Å². The minimum absolute atomic E-state index is 0.135. The minimum atomic E-state index is -1.55. The smallest absolute Gasteiger partial charge is 0.119 e. The van der Waals surface area contributed by atoms with Crippen LogP contribution in [0.1, 0.15) is 46.0 Å². The summed E-state index contributed by atoms with van der Waals surface area (Å²) in [5.74, 6) is 0. The molecule has 0 radical (unpaired) electrons. The van der Waals surface area contributed by atoms with Crippen molar-refractivity contribution in [3.63, 3.8) is 0 Å². The number of carbonyl (C=O) groups is 1. The number of unbranched alkanes of at least 4 members (excludes halogenated alkanes) is 3. The van der Waals surface area contributed by atoms with Crippen molar-refractivity contribution in [2.75, 3.05) is 19.7 Å². The zero-order chi connectivity index (χ0) is 17.4. The predicted molar refractivity (Wildman–Crippen MR) is 84.5 cm³/mol. The van der Waals surface area contributed by atoms with Crippen LogP contribution < -0.4 is 5.32 Å². The fourth-order valence-corrected chi connectivity index (χ4v) is 1.52. The van der Waals surface area contributed by atoms with E-state index in [0.29, 0.717) is 0 Å². The summed E-state index contributed by atoms with van der Waals surface area (Å²) in [5, 5.41) is 48.8. The molecule has 4 atom stereocenters. The molecule has 22 heavy (non-hydrogen) atoms. The van der Waals surface area contributed by atoms with Crippen LogP contribution in [0, 0.1) is 0 Å².